The van der Waals surface area contributed by atoms with Crippen molar-refractivity contribution in [2.75, 3.05) is 0 Å². The minimum absolute atomic E-state index is 0. The van der Waals surface area contributed by atoms with E-state index in [1.807, 2.05) is 74.5 Å². The van der Waals surface area contributed by atoms with E-state index in [-0.39, 0.29) is 26.2 Å². The molecule has 2 aromatic rings. The van der Waals surface area contributed by atoms with Crippen LogP contribution < -0.4 is 0 Å². The van der Waals surface area contributed by atoms with Crippen LogP contribution in [0, 0.1) is 12.2 Å². The fourth-order valence-electron chi connectivity index (χ4n) is 1.94. The zero-order valence-electron chi connectivity index (χ0n) is 12.4. The Hall–Kier alpha value is -0.937. The van der Waals surface area contributed by atoms with Gasteiger partial charge >= 0.3 is 26.2 Å². The van der Waals surface area contributed by atoms with E-state index in [9.17, 15) is 0 Å². The molecule has 0 heterocycles. The summed E-state index contributed by atoms with van der Waals surface area (Å²) < 4.78 is 0. The molecule has 0 amide bonds. The van der Waals surface area contributed by atoms with Gasteiger partial charge in [-0.2, -0.15) is 36.4 Å². The van der Waals surface area contributed by atoms with Crippen LogP contribution in [-0.2, 0) is 26.2 Å². The third-order valence-corrected chi connectivity index (χ3v) is 2.93. The van der Waals surface area contributed by atoms with Gasteiger partial charge in [-0.1, -0.05) is 6.42 Å². The Morgan fingerprint density at radius 2 is 1.10 bits per heavy atom. The van der Waals surface area contributed by atoms with Crippen LogP contribution in [0.25, 0.3) is 0 Å². The predicted octanol–water partition coefficient (Wildman–Crippen LogP) is 5.48. The summed E-state index contributed by atoms with van der Waals surface area (Å²) in [5.74, 6) is 0. The van der Waals surface area contributed by atoms with E-state index in [0.717, 1.165) is 0 Å². The van der Waals surface area contributed by atoms with Gasteiger partial charge in [0.1, 0.15) is 0 Å². The van der Waals surface area contributed by atoms with Gasteiger partial charge < -0.3 is 23.3 Å². The van der Waals surface area contributed by atoms with E-state index in [0.29, 0.717) is 0 Å². The molecule has 0 aliphatic heterocycles. The molecule has 0 unspecified atom stereocenters. The molecule has 0 atom stereocenters. The minimum Gasteiger partial charge on any atom is -0.376 e. The van der Waals surface area contributed by atoms with Crippen molar-refractivity contribution in [2.24, 2.45) is 0 Å². The Kier molecular flexibility index (Phi) is 12.5. The smallest absolute Gasteiger partial charge is 0.376 e. The van der Waals surface area contributed by atoms with Gasteiger partial charge in [-0.05, 0) is 0 Å². The van der Waals surface area contributed by atoms with E-state index in [1.165, 1.54) is 30.4 Å². The molecule has 0 N–H and O–H groups in total. The maximum Gasteiger partial charge on any atom is 4.00 e. The zero-order chi connectivity index (χ0) is 13.8. The van der Waals surface area contributed by atoms with Crippen LogP contribution in [0.5, 0.6) is 0 Å². The fraction of sp³-hybridized carbons (Fsp3) is 0.263. The first-order valence-electron chi connectivity index (χ1n) is 6.79. The predicted molar refractivity (Wildman–Crippen MR) is 82.8 cm³/mol. The first kappa shape index (κ1) is 19.1. The van der Waals surface area contributed by atoms with Gasteiger partial charge in [0.2, 0.25) is 0 Å². The van der Waals surface area contributed by atoms with Crippen LogP contribution in [0.15, 0.2) is 71.8 Å². The van der Waals surface area contributed by atoms with Gasteiger partial charge in [-0.3, -0.25) is 0 Å². The van der Waals surface area contributed by atoms with Gasteiger partial charge in [0, 0.05) is 0 Å². The molecule has 0 radical (unpaired) electrons. The number of hydrogen-bond acceptors (Lipinski definition) is 0. The van der Waals surface area contributed by atoms with Crippen molar-refractivity contribution in [2.45, 2.75) is 33.1 Å². The maximum atomic E-state index is 3.18. The maximum absolute atomic E-state index is 3.18. The van der Waals surface area contributed by atoms with Crippen molar-refractivity contribution in [1.82, 2.24) is 0 Å². The Morgan fingerprint density at radius 1 is 0.750 bits per heavy atom. The molecule has 1 fully saturated rings. The second-order valence-corrected chi connectivity index (χ2v) is 4.24. The van der Waals surface area contributed by atoms with Crippen LogP contribution in [0.2, 0.25) is 0 Å². The topological polar surface area (TPSA) is 0 Å². The van der Waals surface area contributed by atoms with Crippen molar-refractivity contribution in [3.8, 4) is 0 Å². The summed E-state index contributed by atoms with van der Waals surface area (Å²) in [6, 6.07) is 20.0. The molecule has 0 aromatic heterocycles. The van der Waals surface area contributed by atoms with Gasteiger partial charge in [-0.25, -0.2) is 24.3 Å². The third-order valence-electron chi connectivity index (χ3n) is 2.93. The van der Waals surface area contributed by atoms with E-state index >= 15 is 0 Å². The number of allylic oxidation sites excluding steroid dienone is 4. The second kappa shape index (κ2) is 13.1. The molecule has 102 valence electrons. The average molecular weight is 342 g/mol. The van der Waals surface area contributed by atoms with Crippen molar-refractivity contribution < 1.29 is 26.2 Å². The van der Waals surface area contributed by atoms with Crippen LogP contribution in [0.1, 0.15) is 33.1 Å². The Labute approximate surface area is 143 Å². The van der Waals surface area contributed by atoms with E-state index < -0.39 is 0 Å². The monoisotopic (exact) mass is 340 g/mol. The summed E-state index contributed by atoms with van der Waals surface area (Å²) in [7, 11) is 0. The van der Waals surface area contributed by atoms with Crippen LogP contribution in [-0.4, -0.2) is 0 Å². The molecule has 1 aliphatic rings. The molecule has 0 bridgehead atoms. The fourth-order valence-corrected chi connectivity index (χ4v) is 1.94. The summed E-state index contributed by atoms with van der Waals surface area (Å²) >= 11 is 0. The van der Waals surface area contributed by atoms with Crippen molar-refractivity contribution in [3.63, 3.8) is 0 Å². The van der Waals surface area contributed by atoms with E-state index in [4.69, 9.17) is 0 Å². The number of rotatable bonds is 0. The molecule has 1 saturated carbocycles. The number of hydrogen-bond donors (Lipinski definition) is 0. The third kappa shape index (κ3) is 8.28. The first-order valence-corrected chi connectivity index (χ1v) is 6.79. The molecule has 1 aliphatic carbocycles. The normalized spacial score (nSPS) is 16.7. The molecule has 20 heavy (non-hydrogen) atoms. The van der Waals surface area contributed by atoms with Gasteiger partial charge in [0.25, 0.3) is 0 Å². The quantitative estimate of drug-likeness (QED) is 0.557. The summed E-state index contributed by atoms with van der Waals surface area (Å²) in [6.45, 7) is 3.97. The van der Waals surface area contributed by atoms with Gasteiger partial charge in [-0.15, -0.1) is 26.7 Å². The van der Waals surface area contributed by atoms with Crippen LogP contribution in [0.4, 0.5) is 0 Å². The molecule has 0 nitrogen and oxygen atoms in total. The van der Waals surface area contributed by atoms with Crippen LogP contribution in [0.3, 0.4) is 0 Å². The SMILES string of the molecule is C[C-]=C1CCCC1=[C-]C.[Zr+4].c1cc[cH-]c1.c1cc[cH-]c1. The van der Waals surface area contributed by atoms with Crippen molar-refractivity contribution in [3.05, 3.63) is 84.0 Å². The van der Waals surface area contributed by atoms with Crippen molar-refractivity contribution in [1.29, 1.82) is 0 Å². The minimum atomic E-state index is 0. The second-order valence-electron chi connectivity index (χ2n) is 4.24. The standard InChI is InChI=1S/C9H12.2C5H5.Zr/c1-3-8-6-5-7-9(8)4-2;2*1-2-4-5-3-1;/h5-7H2,1-2H3;2*1-5H;/q-2;2*-1;+4. The Balaban J connectivity index is 0.000000282. The largest absolute Gasteiger partial charge is 4.00 e. The molecule has 3 rings (SSSR count). The molecule has 0 spiro atoms. The van der Waals surface area contributed by atoms with E-state index in [2.05, 4.69) is 12.2 Å². The molecule has 2 aromatic carbocycles. The molecular formula is C19H22Zr. The summed E-state index contributed by atoms with van der Waals surface area (Å²) in [6.07, 6.45) is 10.1. The summed E-state index contributed by atoms with van der Waals surface area (Å²) in [5.41, 5.74) is 2.77. The first-order chi connectivity index (χ1) is 9.38. The van der Waals surface area contributed by atoms with Gasteiger partial charge in [0.15, 0.2) is 0 Å². The summed E-state index contributed by atoms with van der Waals surface area (Å²) in [4.78, 5) is 0. The van der Waals surface area contributed by atoms with Crippen molar-refractivity contribution >= 4 is 0 Å². The van der Waals surface area contributed by atoms with Crippen LogP contribution >= 0.6 is 0 Å². The van der Waals surface area contributed by atoms with Gasteiger partial charge in [0.05, 0.1) is 0 Å². The molecular weight excluding hydrogens is 319 g/mol. The average Bonchev–Trinajstić information content (AvgIpc) is 3.23. The molecule has 0 saturated heterocycles. The molecule has 1 heteroatoms. The van der Waals surface area contributed by atoms with E-state index in [1.54, 1.807) is 0 Å². The Morgan fingerprint density at radius 3 is 1.30 bits per heavy atom. The zero-order valence-corrected chi connectivity index (χ0v) is 14.9. The Bertz CT molecular complexity index is 365. The summed E-state index contributed by atoms with van der Waals surface area (Å²) in [5, 5.41) is 0.